The van der Waals surface area contributed by atoms with Gasteiger partial charge in [0.15, 0.2) is 5.65 Å². The van der Waals surface area contributed by atoms with E-state index in [1.807, 2.05) is 59.4 Å². The average molecular weight is 631 g/mol. The van der Waals surface area contributed by atoms with Crippen molar-refractivity contribution in [2.45, 2.75) is 72.4 Å². The van der Waals surface area contributed by atoms with Crippen LogP contribution in [0.1, 0.15) is 64.3 Å². The minimum Gasteiger partial charge on any atom is -0.507 e. The molecule has 0 bridgehead atoms. The Kier molecular flexibility index (Phi) is 7.86. The topological polar surface area (TPSA) is 123 Å². The van der Waals surface area contributed by atoms with E-state index in [9.17, 15) is 14.7 Å². The number of aromatic nitrogens is 4. The van der Waals surface area contributed by atoms with E-state index in [2.05, 4.69) is 9.97 Å². The molecule has 1 saturated heterocycles. The Bertz CT molecular complexity index is 1900. The number of phenols is 1. The highest BCUT2D eigenvalue weighted by molar-refractivity contribution is 5.98. The van der Waals surface area contributed by atoms with Crippen molar-refractivity contribution in [3.63, 3.8) is 0 Å². The number of ether oxygens (including phenoxy) is 2. The van der Waals surface area contributed by atoms with Gasteiger partial charge in [-0.15, -0.1) is 0 Å². The fourth-order valence-corrected chi connectivity index (χ4v) is 6.30. The number of halogens is 1. The molecule has 3 aromatic heterocycles. The molecule has 11 nitrogen and oxygen atoms in total. The Morgan fingerprint density at radius 2 is 1.93 bits per heavy atom. The summed E-state index contributed by atoms with van der Waals surface area (Å²) in [6, 6.07) is 5.67. The van der Waals surface area contributed by atoms with Crippen LogP contribution in [0.25, 0.3) is 28.0 Å². The summed E-state index contributed by atoms with van der Waals surface area (Å²) in [5, 5.41) is 11.3. The van der Waals surface area contributed by atoms with Gasteiger partial charge in [-0.05, 0) is 64.3 Å². The summed E-state index contributed by atoms with van der Waals surface area (Å²) >= 11 is 0. The maximum atomic E-state index is 15.4. The number of pyridine rings is 2. The number of rotatable bonds is 4. The van der Waals surface area contributed by atoms with Gasteiger partial charge >= 0.3 is 11.8 Å². The first-order valence-corrected chi connectivity index (χ1v) is 15.6. The zero-order valence-corrected chi connectivity index (χ0v) is 27.2. The predicted molar refractivity (Wildman–Crippen MR) is 173 cm³/mol. The fraction of sp³-hybridized carbons (Fsp3) is 0.441. The zero-order valence-electron chi connectivity index (χ0n) is 27.2. The summed E-state index contributed by atoms with van der Waals surface area (Å²) in [7, 11) is 0. The first-order chi connectivity index (χ1) is 21.8. The van der Waals surface area contributed by atoms with Crippen LogP contribution in [0.4, 0.5) is 15.0 Å². The zero-order chi connectivity index (χ0) is 33.1. The molecule has 0 radical (unpaired) electrons. The Balaban J connectivity index is 1.62. The lowest BCUT2D eigenvalue weighted by Gasteiger charge is -2.41. The van der Waals surface area contributed by atoms with Gasteiger partial charge in [0.1, 0.15) is 34.1 Å². The molecule has 4 aromatic rings. The van der Waals surface area contributed by atoms with Crippen molar-refractivity contribution in [2.24, 2.45) is 0 Å². The molecule has 0 aliphatic carbocycles. The van der Waals surface area contributed by atoms with Crippen LogP contribution < -0.4 is 15.3 Å². The molecule has 1 atom stereocenters. The number of carbonyl (C=O) groups is 1. The summed E-state index contributed by atoms with van der Waals surface area (Å²) in [5.74, 6) is -0.144. The Morgan fingerprint density at radius 1 is 1.17 bits per heavy atom. The van der Waals surface area contributed by atoms with Gasteiger partial charge in [0.25, 0.3) is 0 Å². The smallest absolute Gasteiger partial charge is 0.410 e. The van der Waals surface area contributed by atoms with Gasteiger partial charge in [0.05, 0.1) is 29.2 Å². The standard InChI is InChI=1S/C34H39FN6O5/c1-18(2)26-28(19(3)11-13-36-26)41-31-25(29-21(12-16-45-29)27(37-31)24-22(35)9-8-10-23(24)42)30(38-32(41)43)40-15-14-39(17-20(40)4)33(44)46-34(5,6)7/h8-11,13,18,20,42H,12,14-17H2,1-7H3/t20-/m0/s1. The van der Waals surface area contributed by atoms with Crippen molar-refractivity contribution in [2.75, 3.05) is 31.1 Å². The van der Waals surface area contributed by atoms with Crippen molar-refractivity contribution in [3.8, 4) is 28.4 Å². The van der Waals surface area contributed by atoms with Gasteiger partial charge in [-0.25, -0.2) is 23.5 Å². The Hall–Kier alpha value is -4.74. The number of hydrogen-bond donors (Lipinski definition) is 1. The van der Waals surface area contributed by atoms with Crippen molar-refractivity contribution >= 4 is 22.9 Å². The van der Waals surface area contributed by atoms with Gasteiger partial charge in [-0.2, -0.15) is 4.98 Å². The second-order valence-corrected chi connectivity index (χ2v) is 13.2. The number of amides is 1. The van der Waals surface area contributed by atoms with E-state index in [0.717, 1.165) is 5.56 Å². The van der Waals surface area contributed by atoms with Gasteiger partial charge in [0, 0.05) is 43.9 Å². The fourth-order valence-electron chi connectivity index (χ4n) is 6.30. The van der Waals surface area contributed by atoms with Crippen molar-refractivity contribution in [3.05, 3.63) is 63.6 Å². The third kappa shape index (κ3) is 5.39. The lowest BCUT2D eigenvalue weighted by Crippen LogP contribution is -2.55. The molecule has 1 amide bonds. The first-order valence-electron chi connectivity index (χ1n) is 15.6. The van der Waals surface area contributed by atoms with Crippen LogP contribution in [0.15, 0.2) is 35.3 Å². The molecule has 2 aliphatic heterocycles. The predicted octanol–water partition coefficient (Wildman–Crippen LogP) is 5.50. The lowest BCUT2D eigenvalue weighted by atomic mass is 10.00. The number of aromatic hydroxyl groups is 1. The largest absolute Gasteiger partial charge is 0.507 e. The summed E-state index contributed by atoms with van der Waals surface area (Å²) in [6.45, 7) is 14.7. The number of aryl methyl sites for hydroxylation is 1. The Labute approximate surface area is 266 Å². The highest BCUT2D eigenvalue weighted by Crippen LogP contribution is 2.45. The molecule has 1 aromatic carbocycles. The highest BCUT2D eigenvalue weighted by Gasteiger charge is 2.36. The number of carbonyl (C=O) groups excluding carboxylic acids is 1. The summed E-state index contributed by atoms with van der Waals surface area (Å²) in [6.07, 6.45) is 1.72. The lowest BCUT2D eigenvalue weighted by molar-refractivity contribution is 0.0218. The molecular weight excluding hydrogens is 591 g/mol. The van der Waals surface area contributed by atoms with Crippen LogP contribution in [0.2, 0.25) is 0 Å². The molecule has 0 saturated carbocycles. The van der Waals surface area contributed by atoms with Crippen molar-refractivity contribution in [1.82, 2.24) is 24.4 Å². The minimum absolute atomic E-state index is 0.0433. The molecule has 12 heteroatoms. The number of anilines is 1. The maximum absolute atomic E-state index is 15.4. The molecule has 2 aliphatic rings. The first kappa shape index (κ1) is 31.3. The van der Waals surface area contributed by atoms with Crippen LogP contribution in [-0.2, 0) is 11.2 Å². The summed E-state index contributed by atoms with van der Waals surface area (Å²) in [4.78, 5) is 45.1. The van der Waals surface area contributed by atoms with E-state index in [1.165, 1.54) is 22.8 Å². The van der Waals surface area contributed by atoms with Crippen molar-refractivity contribution < 1.29 is 23.8 Å². The monoisotopic (exact) mass is 630 g/mol. The van der Waals surface area contributed by atoms with Crippen molar-refractivity contribution in [1.29, 1.82) is 0 Å². The van der Waals surface area contributed by atoms with E-state index in [4.69, 9.17) is 14.5 Å². The van der Waals surface area contributed by atoms with E-state index >= 15 is 4.39 Å². The molecule has 0 unspecified atom stereocenters. The van der Waals surface area contributed by atoms with Gasteiger partial charge in [-0.1, -0.05) is 19.9 Å². The van der Waals surface area contributed by atoms with Crippen LogP contribution >= 0.6 is 0 Å². The number of hydrogen-bond acceptors (Lipinski definition) is 9. The van der Waals surface area contributed by atoms with E-state index < -0.39 is 23.2 Å². The molecule has 5 heterocycles. The van der Waals surface area contributed by atoms with Gasteiger partial charge in [-0.3, -0.25) is 4.98 Å². The molecule has 1 fully saturated rings. The number of nitrogens with zero attached hydrogens (tertiary/aromatic N) is 6. The minimum atomic E-state index is -0.642. The number of piperazine rings is 1. The summed E-state index contributed by atoms with van der Waals surface area (Å²) < 4.78 is 28.7. The molecular formula is C34H39FN6O5. The maximum Gasteiger partial charge on any atom is 0.410 e. The van der Waals surface area contributed by atoms with E-state index in [0.29, 0.717) is 66.6 Å². The Morgan fingerprint density at radius 3 is 2.61 bits per heavy atom. The van der Waals surface area contributed by atoms with Gasteiger partial charge in [0.2, 0.25) is 0 Å². The second-order valence-electron chi connectivity index (χ2n) is 13.2. The van der Waals surface area contributed by atoms with E-state index in [-0.39, 0.29) is 34.6 Å². The van der Waals surface area contributed by atoms with Crippen LogP contribution in [0.3, 0.4) is 0 Å². The van der Waals surface area contributed by atoms with Crippen LogP contribution in [0, 0.1) is 12.7 Å². The van der Waals surface area contributed by atoms with E-state index in [1.54, 1.807) is 11.1 Å². The SMILES string of the molecule is Cc1ccnc(C(C)C)c1-n1c(=O)nc(N2CCN(C(=O)OC(C)(C)C)C[C@@H]2C)c2c3c(c(-c4c(O)cccc4F)nc21)CCO3. The number of fused-ring (bicyclic) bond motifs is 3. The normalized spacial score (nSPS) is 16.6. The molecule has 6 rings (SSSR count). The van der Waals surface area contributed by atoms with Crippen LogP contribution in [0.5, 0.6) is 11.5 Å². The van der Waals surface area contributed by atoms with Crippen LogP contribution in [-0.4, -0.2) is 73.5 Å². The third-order valence-corrected chi connectivity index (χ3v) is 8.36. The second kappa shape index (κ2) is 11.6. The average Bonchev–Trinajstić information content (AvgIpc) is 3.46. The molecule has 46 heavy (non-hydrogen) atoms. The summed E-state index contributed by atoms with van der Waals surface area (Å²) in [5.41, 5.74) is 1.77. The third-order valence-electron chi connectivity index (χ3n) is 8.36. The molecule has 1 N–H and O–H groups in total. The highest BCUT2D eigenvalue weighted by atomic mass is 19.1. The number of benzene rings is 1. The quantitative estimate of drug-likeness (QED) is 0.311. The van der Waals surface area contributed by atoms with Gasteiger partial charge < -0.3 is 24.4 Å². The molecule has 0 spiro atoms. The molecule has 242 valence electrons. The number of phenolic OH excluding ortho intramolecular Hbond substituents is 1.